The number of phenols is 1. The van der Waals surface area contributed by atoms with Gasteiger partial charge in [-0.15, -0.1) is 0 Å². The van der Waals surface area contributed by atoms with Gasteiger partial charge in [-0.1, -0.05) is 12.1 Å². The van der Waals surface area contributed by atoms with E-state index in [-0.39, 0.29) is 5.91 Å². The van der Waals surface area contributed by atoms with Crippen LogP contribution < -0.4 is 10.6 Å². The Balaban J connectivity index is 2.09. The molecule has 0 bridgehead atoms. The van der Waals surface area contributed by atoms with E-state index in [1.807, 2.05) is 12.1 Å². The largest absolute Gasteiger partial charge is 0.508 e. The fraction of sp³-hybridized carbons (Fsp3) is 0.562. The molecule has 1 amide bonds. The van der Waals surface area contributed by atoms with Crippen LogP contribution in [0, 0.1) is 0 Å². The van der Waals surface area contributed by atoms with Crippen LogP contribution >= 0.6 is 0 Å². The minimum atomic E-state index is 0.0466. The molecular formula is C16H26N2O3. The van der Waals surface area contributed by atoms with Crippen molar-refractivity contribution < 1.29 is 14.6 Å². The van der Waals surface area contributed by atoms with Crippen molar-refractivity contribution in [2.24, 2.45) is 0 Å². The Morgan fingerprint density at radius 2 is 2.00 bits per heavy atom. The van der Waals surface area contributed by atoms with Gasteiger partial charge in [-0.3, -0.25) is 4.79 Å². The summed E-state index contributed by atoms with van der Waals surface area (Å²) in [5.74, 6) is 0.342. The van der Waals surface area contributed by atoms with Crippen molar-refractivity contribution in [2.75, 3.05) is 26.8 Å². The van der Waals surface area contributed by atoms with Crippen LogP contribution in [0.1, 0.15) is 25.3 Å². The summed E-state index contributed by atoms with van der Waals surface area (Å²) in [5.41, 5.74) is 1.21. The second-order valence-corrected chi connectivity index (χ2v) is 5.15. The molecule has 3 N–H and O–H groups in total. The Bertz CT molecular complexity index is 406. The number of aromatic hydroxyl groups is 1. The van der Waals surface area contributed by atoms with Gasteiger partial charge in [-0.2, -0.15) is 0 Å². The van der Waals surface area contributed by atoms with Crippen LogP contribution in [0.3, 0.4) is 0 Å². The predicted octanol–water partition coefficient (Wildman–Crippen LogP) is 1.46. The molecule has 0 aliphatic heterocycles. The summed E-state index contributed by atoms with van der Waals surface area (Å²) in [4.78, 5) is 11.5. The normalized spacial score (nSPS) is 12.1. The predicted molar refractivity (Wildman–Crippen MR) is 83.4 cm³/mol. The molecule has 5 nitrogen and oxygen atoms in total. The van der Waals surface area contributed by atoms with E-state index in [1.54, 1.807) is 19.2 Å². The number of aryl methyl sites for hydroxylation is 1. The van der Waals surface area contributed by atoms with E-state index >= 15 is 0 Å². The summed E-state index contributed by atoms with van der Waals surface area (Å²) in [6.45, 7) is 3.90. The summed E-state index contributed by atoms with van der Waals surface area (Å²) in [7, 11) is 1.61. The molecule has 0 aliphatic carbocycles. The summed E-state index contributed by atoms with van der Waals surface area (Å²) < 4.78 is 4.87. The average Bonchev–Trinajstić information content (AvgIpc) is 2.47. The van der Waals surface area contributed by atoms with Crippen LogP contribution in [-0.4, -0.2) is 43.9 Å². The fourth-order valence-corrected chi connectivity index (χ4v) is 1.96. The van der Waals surface area contributed by atoms with E-state index in [9.17, 15) is 9.90 Å². The molecule has 1 aromatic rings. The van der Waals surface area contributed by atoms with Gasteiger partial charge in [0.25, 0.3) is 0 Å². The minimum Gasteiger partial charge on any atom is -0.508 e. The number of rotatable bonds is 10. The maximum atomic E-state index is 11.5. The monoisotopic (exact) mass is 294 g/mol. The van der Waals surface area contributed by atoms with Gasteiger partial charge in [-0.25, -0.2) is 0 Å². The van der Waals surface area contributed by atoms with E-state index in [1.165, 1.54) is 5.56 Å². The highest BCUT2D eigenvalue weighted by atomic mass is 16.5. The molecule has 0 saturated carbocycles. The molecule has 0 spiro atoms. The first kappa shape index (κ1) is 17.5. The van der Waals surface area contributed by atoms with Gasteiger partial charge in [-0.05, 0) is 37.5 Å². The van der Waals surface area contributed by atoms with E-state index in [0.29, 0.717) is 37.9 Å². The highest BCUT2D eigenvalue weighted by Gasteiger charge is 2.04. The maximum absolute atomic E-state index is 11.5. The lowest BCUT2D eigenvalue weighted by Crippen LogP contribution is -2.33. The van der Waals surface area contributed by atoms with E-state index in [0.717, 1.165) is 12.8 Å². The van der Waals surface area contributed by atoms with Crippen molar-refractivity contribution in [3.63, 3.8) is 0 Å². The molecule has 0 heterocycles. The van der Waals surface area contributed by atoms with Crippen LogP contribution in [0.25, 0.3) is 0 Å². The number of carbonyl (C=O) groups excluding carboxylic acids is 1. The molecule has 0 aliphatic rings. The highest BCUT2D eigenvalue weighted by Crippen LogP contribution is 2.11. The Hall–Kier alpha value is -1.59. The number of ether oxygens (including phenoxy) is 1. The van der Waals surface area contributed by atoms with Crippen molar-refractivity contribution in [3.8, 4) is 5.75 Å². The van der Waals surface area contributed by atoms with Crippen molar-refractivity contribution in [3.05, 3.63) is 29.8 Å². The quantitative estimate of drug-likeness (QED) is 0.571. The summed E-state index contributed by atoms with van der Waals surface area (Å²) >= 11 is 0. The molecule has 0 aromatic heterocycles. The third kappa shape index (κ3) is 8.32. The highest BCUT2D eigenvalue weighted by molar-refractivity contribution is 5.76. The molecule has 5 heteroatoms. The molecule has 1 atom stereocenters. The second kappa shape index (κ2) is 10.2. The van der Waals surface area contributed by atoms with E-state index < -0.39 is 0 Å². The van der Waals surface area contributed by atoms with Crippen LogP contribution in [0.4, 0.5) is 0 Å². The number of phenolic OH excluding ortho intramolecular Hbond substituents is 1. The second-order valence-electron chi connectivity index (χ2n) is 5.15. The first-order valence-corrected chi connectivity index (χ1v) is 7.38. The number of methoxy groups -OCH3 is 1. The first-order valence-electron chi connectivity index (χ1n) is 7.38. The number of carbonyl (C=O) groups is 1. The zero-order chi connectivity index (χ0) is 15.5. The van der Waals surface area contributed by atoms with Gasteiger partial charge >= 0.3 is 0 Å². The fourth-order valence-electron chi connectivity index (χ4n) is 1.96. The smallest absolute Gasteiger partial charge is 0.221 e. The van der Waals surface area contributed by atoms with Crippen molar-refractivity contribution in [1.82, 2.24) is 10.6 Å². The average molecular weight is 294 g/mol. The lowest BCUT2D eigenvalue weighted by Gasteiger charge is -2.13. The summed E-state index contributed by atoms with van der Waals surface area (Å²) in [6.07, 6.45) is 2.43. The number of nitrogens with one attached hydrogen (secondary N) is 2. The van der Waals surface area contributed by atoms with Crippen molar-refractivity contribution in [1.29, 1.82) is 0 Å². The zero-order valence-corrected chi connectivity index (χ0v) is 12.9. The standard InChI is InChI=1S/C16H26N2O3/c1-13(3-4-14-5-7-15(19)8-6-14)17-10-9-16(20)18-11-12-21-2/h5-8,13,17,19H,3-4,9-12H2,1-2H3,(H,18,20). The zero-order valence-electron chi connectivity index (χ0n) is 12.9. The van der Waals surface area contributed by atoms with Gasteiger partial charge in [0, 0.05) is 32.7 Å². The summed E-state index contributed by atoms with van der Waals surface area (Å²) in [6, 6.07) is 7.64. The van der Waals surface area contributed by atoms with Crippen LogP contribution in [0.5, 0.6) is 5.75 Å². The van der Waals surface area contributed by atoms with Crippen LogP contribution in [-0.2, 0) is 16.0 Å². The van der Waals surface area contributed by atoms with Gasteiger partial charge in [0.15, 0.2) is 0 Å². The third-order valence-electron chi connectivity index (χ3n) is 3.28. The number of hydrogen-bond donors (Lipinski definition) is 3. The molecule has 1 aromatic carbocycles. The number of benzene rings is 1. The SMILES string of the molecule is COCCNC(=O)CCNC(C)CCc1ccc(O)cc1. The first-order chi connectivity index (χ1) is 10.1. The Morgan fingerprint density at radius 3 is 2.67 bits per heavy atom. The van der Waals surface area contributed by atoms with Crippen molar-refractivity contribution in [2.45, 2.75) is 32.2 Å². The van der Waals surface area contributed by atoms with Crippen LogP contribution in [0.15, 0.2) is 24.3 Å². The molecule has 0 saturated heterocycles. The topological polar surface area (TPSA) is 70.6 Å². The third-order valence-corrected chi connectivity index (χ3v) is 3.28. The Labute approximate surface area is 126 Å². The number of amides is 1. The van der Waals surface area contributed by atoms with Crippen LogP contribution in [0.2, 0.25) is 0 Å². The molecule has 0 radical (unpaired) electrons. The van der Waals surface area contributed by atoms with Gasteiger partial charge < -0.3 is 20.5 Å². The molecule has 21 heavy (non-hydrogen) atoms. The molecule has 118 valence electrons. The lowest BCUT2D eigenvalue weighted by atomic mass is 10.1. The van der Waals surface area contributed by atoms with Gasteiger partial charge in [0.2, 0.25) is 5.91 Å². The van der Waals surface area contributed by atoms with E-state index in [2.05, 4.69) is 17.6 Å². The summed E-state index contributed by atoms with van der Waals surface area (Å²) in [5, 5.41) is 15.4. The number of hydrogen-bond acceptors (Lipinski definition) is 4. The minimum absolute atomic E-state index is 0.0466. The maximum Gasteiger partial charge on any atom is 0.221 e. The molecule has 1 rings (SSSR count). The van der Waals surface area contributed by atoms with Gasteiger partial charge in [0.05, 0.1) is 6.61 Å². The molecular weight excluding hydrogens is 268 g/mol. The van der Waals surface area contributed by atoms with Gasteiger partial charge in [0.1, 0.15) is 5.75 Å². The lowest BCUT2D eigenvalue weighted by molar-refractivity contribution is -0.121. The Morgan fingerprint density at radius 1 is 1.29 bits per heavy atom. The molecule has 1 unspecified atom stereocenters. The molecule has 0 fully saturated rings. The van der Waals surface area contributed by atoms with Crippen molar-refractivity contribution >= 4 is 5.91 Å². The Kier molecular flexibility index (Phi) is 8.47. The van der Waals surface area contributed by atoms with E-state index in [4.69, 9.17) is 4.74 Å².